The zero-order valence-electron chi connectivity index (χ0n) is 17.6. The Morgan fingerprint density at radius 3 is 2.06 bits per heavy atom. The molecule has 1 aliphatic rings. The van der Waals surface area contributed by atoms with E-state index in [-0.39, 0.29) is 17.4 Å². The summed E-state index contributed by atoms with van der Waals surface area (Å²) in [5.41, 5.74) is 1.11. The van der Waals surface area contributed by atoms with Gasteiger partial charge in [0.05, 0.1) is 0 Å². The topological polar surface area (TPSA) is 45.9 Å². The molecule has 0 spiro atoms. The number of benzene rings is 2. The third kappa shape index (κ3) is 5.02. The van der Waals surface area contributed by atoms with E-state index in [9.17, 15) is 26.7 Å². The van der Waals surface area contributed by atoms with Crippen molar-refractivity contribution in [2.24, 2.45) is 0 Å². The minimum atomic E-state index is -2.28. The molecule has 5 nitrogen and oxygen atoms in total. The zero-order chi connectivity index (χ0) is 24.4. The van der Waals surface area contributed by atoms with Gasteiger partial charge in [0, 0.05) is 37.7 Å². The Balaban J connectivity index is 1.33. The second kappa shape index (κ2) is 10.0. The predicted molar refractivity (Wildman–Crippen MR) is 112 cm³/mol. The summed E-state index contributed by atoms with van der Waals surface area (Å²) in [4.78, 5) is 16.5. The average molecular weight is 501 g/mol. The number of rotatable bonds is 6. The third-order valence-electron chi connectivity index (χ3n) is 5.38. The molecule has 0 unspecified atom stereocenters. The lowest BCUT2D eigenvalue weighted by Gasteiger charge is -2.34. The molecular formula is C23H18ClF5N2O3. The average Bonchev–Trinajstić information content (AvgIpc) is 3.32. The van der Waals surface area contributed by atoms with Crippen LogP contribution in [-0.2, 0) is 13.2 Å². The maximum absolute atomic E-state index is 13.7. The van der Waals surface area contributed by atoms with Crippen molar-refractivity contribution in [2.75, 3.05) is 26.2 Å². The molecule has 1 amide bonds. The Hall–Kier alpha value is -3.11. The smallest absolute Gasteiger partial charge is 0.289 e. The fraction of sp³-hybridized carbons (Fsp3) is 0.261. The van der Waals surface area contributed by atoms with Gasteiger partial charge in [0.1, 0.15) is 12.4 Å². The first-order chi connectivity index (χ1) is 16.2. The molecule has 0 bridgehead atoms. The summed E-state index contributed by atoms with van der Waals surface area (Å²) in [6, 6.07) is 10.2. The summed E-state index contributed by atoms with van der Waals surface area (Å²) in [6.45, 7) is 2.29. The van der Waals surface area contributed by atoms with Crippen molar-refractivity contribution in [2.45, 2.75) is 13.2 Å². The fourth-order valence-electron chi connectivity index (χ4n) is 3.54. The Labute approximate surface area is 196 Å². The van der Waals surface area contributed by atoms with Crippen LogP contribution in [0.15, 0.2) is 40.8 Å². The minimum absolute atomic E-state index is 0.0198. The molecule has 0 aliphatic carbocycles. The highest BCUT2D eigenvalue weighted by Gasteiger charge is 2.28. The molecule has 0 atom stereocenters. The summed E-state index contributed by atoms with van der Waals surface area (Å²) < 4.78 is 77.3. The van der Waals surface area contributed by atoms with Crippen molar-refractivity contribution < 1.29 is 35.9 Å². The second-order valence-electron chi connectivity index (χ2n) is 7.65. The van der Waals surface area contributed by atoms with E-state index in [2.05, 4.69) is 4.90 Å². The quantitative estimate of drug-likeness (QED) is 0.266. The maximum Gasteiger partial charge on any atom is 0.289 e. The van der Waals surface area contributed by atoms with E-state index in [0.717, 1.165) is 12.1 Å². The van der Waals surface area contributed by atoms with Crippen LogP contribution in [0, 0.1) is 29.1 Å². The monoisotopic (exact) mass is 500 g/mol. The maximum atomic E-state index is 13.7. The molecule has 0 saturated carbocycles. The number of carbonyl (C=O) groups is 1. The van der Waals surface area contributed by atoms with Gasteiger partial charge in [0.15, 0.2) is 11.5 Å². The summed E-state index contributed by atoms with van der Waals surface area (Å²) in [6.07, 6.45) is 0. The largest absolute Gasteiger partial charge is 0.479 e. The molecule has 1 aromatic heterocycles. The van der Waals surface area contributed by atoms with Crippen molar-refractivity contribution in [3.63, 3.8) is 0 Å². The van der Waals surface area contributed by atoms with E-state index in [1.807, 2.05) is 24.3 Å². The van der Waals surface area contributed by atoms with Crippen molar-refractivity contribution in [1.82, 2.24) is 9.80 Å². The Morgan fingerprint density at radius 2 is 1.44 bits per heavy atom. The predicted octanol–water partition coefficient (Wildman–Crippen LogP) is 5.17. The first-order valence-electron chi connectivity index (χ1n) is 10.2. The van der Waals surface area contributed by atoms with Crippen LogP contribution in [0.1, 0.15) is 21.9 Å². The van der Waals surface area contributed by atoms with Gasteiger partial charge in [-0.05, 0) is 29.8 Å². The summed E-state index contributed by atoms with van der Waals surface area (Å²) in [5.74, 6) is -12.5. The number of nitrogens with zero attached hydrogens (tertiary/aromatic N) is 2. The molecule has 1 saturated heterocycles. The molecule has 11 heteroatoms. The molecule has 3 aromatic rings. The summed E-state index contributed by atoms with van der Waals surface area (Å²) in [7, 11) is 0. The molecule has 180 valence electrons. The molecule has 34 heavy (non-hydrogen) atoms. The highest BCUT2D eigenvalue weighted by Crippen LogP contribution is 2.30. The van der Waals surface area contributed by atoms with Gasteiger partial charge in [-0.25, -0.2) is 13.2 Å². The molecule has 1 aliphatic heterocycles. The van der Waals surface area contributed by atoms with Crippen LogP contribution in [0.25, 0.3) is 0 Å². The van der Waals surface area contributed by atoms with Crippen molar-refractivity contribution in [3.05, 3.63) is 87.6 Å². The summed E-state index contributed by atoms with van der Waals surface area (Å²) in [5, 5.41) is 0.662. The van der Waals surface area contributed by atoms with Crippen LogP contribution in [0.2, 0.25) is 5.02 Å². The Kier molecular flexibility index (Phi) is 7.08. The van der Waals surface area contributed by atoms with E-state index in [4.69, 9.17) is 20.8 Å². The number of hydrogen-bond acceptors (Lipinski definition) is 4. The van der Waals surface area contributed by atoms with Crippen LogP contribution in [0.3, 0.4) is 0 Å². The Bertz CT molecular complexity index is 1170. The lowest BCUT2D eigenvalue weighted by atomic mass is 10.2. The number of amides is 1. The normalized spacial score (nSPS) is 14.5. The highest BCUT2D eigenvalue weighted by molar-refractivity contribution is 6.30. The number of piperazine rings is 1. The van der Waals surface area contributed by atoms with E-state index in [1.54, 1.807) is 4.90 Å². The molecule has 4 rings (SSSR count). The van der Waals surface area contributed by atoms with Crippen molar-refractivity contribution >= 4 is 17.5 Å². The fourth-order valence-corrected chi connectivity index (χ4v) is 3.66. The lowest BCUT2D eigenvalue weighted by Crippen LogP contribution is -2.48. The van der Waals surface area contributed by atoms with Gasteiger partial charge < -0.3 is 14.1 Å². The molecule has 0 radical (unpaired) electrons. The van der Waals surface area contributed by atoms with Gasteiger partial charge in [-0.2, -0.15) is 8.78 Å². The zero-order valence-corrected chi connectivity index (χ0v) is 18.3. The lowest BCUT2D eigenvalue weighted by molar-refractivity contribution is 0.0594. The third-order valence-corrected chi connectivity index (χ3v) is 5.63. The van der Waals surface area contributed by atoms with E-state index in [0.29, 0.717) is 31.2 Å². The minimum Gasteiger partial charge on any atom is -0.479 e. The van der Waals surface area contributed by atoms with Gasteiger partial charge in [0.25, 0.3) is 5.91 Å². The second-order valence-corrected chi connectivity index (χ2v) is 8.08. The number of carbonyl (C=O) groups excluding carboxylic acids is 1. The molecule has 1 fully saturated rings. The van der Waals surface area contributed by atoms with E-state index in [1.165, 1.54) is 12.1 Å². The molecule has 2 aromatic carbocycles. The van der Waals surface area contributed by atoms with Crippen molar-refractivity contribution in [1.29, 1.82) is 0 Å². The van der Waals surface area contributed by atoms with Gasteiger partial charge in [-0.3, -0.25) is 9.69 Å². The highest BCUT2D eigenvalue weighted by atomic mass is 35.5. The molecular weight excluding hydrogens is 483 g/mol. The first-order valence-corrected chi connectivity index (χ1v) is 10.6. The van der Waals surface area contributed by atoms with Gasteiger partial charge in [-0.15, -0.1) is 0 Å². The molecule has 0 N–H and O–H groups in total. The van der Waals surface area contributed by atoms with Gasteiger partial charge >= 0.3 is 0 Å². The number of hydrogen-bond donors (Lipinski definition) is 0. The van der Waals surface area contributed by atoms with Crippen LogP contribution in [-0.4, -0.2) is 41.9 Å². The van der Waals surface area contributed by atoms with Crippen LogP contribution in [0.4, 0.5) is 22.0 Å². The first kappa shape index (κ1) is 24.0. The molecule has 2 heterocycles. The van der Waals surface area contributed by atoms with E-state index >= 15 is 0 Å². The van der Waals surface area contributed by atoms with Gasteiger partial charge in [-0.1, -0.05) is 23.7 Å². The van der Waals surface area contributed by atoms with Crippen LogP contribution < -0.4 is 4.74 Å². The SMILES string of the molecule is O=C(c1ccc(COc2c(F)c(F)c(F)c(F)c2F)o1)N1CCN(Cc2ccc(Cl)cc2)CC1. The van der Waals surface area contributed by atoms with Gasteiger partial charge in [0.2, 0.25) is 29.1 Å². The Morgan fingerprint density at radius 1 is 0.853 bits per heavy atom. The number of halogens is 6. The standard InChI is InChI=1S/C23H18ClF5N2O3/c24-14-3-1-13(2-4-14)11-30-7-9-31(10-8-30)23(32)16-6-5-15(34-16)12-33-22-20(28)18(26)17(25)19(27)21(22)29/h1-6H,7-12H2. The number of ether oxygens (including phenoxy) is 1. The van der Waals surface area contributed by atoms with E-state index < -0.39 is 41.4 Å². The number of furan rings is 1. The van der Waals surface area contributed by atoms with Crippen LogP contribution >= 0.6 is 11.6 Å². The van der Waals surface area contributed by atoms with Crippen molar-refractivity contribution in [3.8, 4) is 5.75 Å². The summed E-state index contributed by atoms with van der Waals surface area (Å²) >= 11 is 5.90. The van der Waals surface area contributed by atoms with Crippen LogP contribution in [0.5, 0.6) is 5.75 Å².